The van der Waals surface area contributed by atoms with Gasteiger partial charge in [-0.05, 0) is 49.9 Å². The summed E-state index contributed by atoms with van der Waals surface area (Å²) < 4.78 is 5.46. The molecule has 0 amide bonds. The maximum atomic E-state index is 6.16. The van der Waals surface area contributed by atoms with Crippen molar-refractivity contribution >= 4 is 11.6 Å². The summed E-state index contributed by atoms with van der Waals surface area (Å²) in [7, 11) is 0. The van der Waals surface area contributed by atoms with Crippen molar-refractivity contribution in [2.24, 2.45) is 0 Å². The van der Waals surface area contributed by atoms with Crippen molar-refractivity contribution in [3.8, 4) is 5.75 Å². The van der Waals surface area contributed by atoms with Crippen LogP contribution in [0, 0.1) is 6.92 Å². The Hall–Kier alpha value is -0.730. The summed E-state index contributed by atoms with van der Waals surface area (Å²) in [5.41, 5.74) is 2.50. The van der Waals surface area contributed by atoms with Gasteiger partial charge >= 0.3 is 0 Å². The quantitative estimate of drug-likeness (QED) is 0.851. The molecule has 0 radical (unpaired) electrons. The van der Waals surface area contributed by atoms with E-state index in [4.69, 9.17) is 16.3 Å². The zero-order valence-corrected chi connectivity index (χ0v) is 10.6. The molecule has 0 atom stereocenters. The van der Waals surface area contributed by atoms with Crippen LogP contribution in [0.2, 0.25) is 5.02 Å². The molecule has 1 fully saturated rings. The molecule has 0 aliphatic heterocycles. The second-order valence-electron chi connectivity index (χ2n) is 4.30. The summed E-state index contributed by atoms with van der Waals surface area (Å²) in [5.74, 6) is 0.789. The summed E-state index contributed by atoms with van der Waals surface area (Å²) in [6.07, 6.45) is 2.62. The van der Waals surface area contributed by atoms with E-state index < -0.39 is 0 Å². The fourth-order valence-electron chi connectivity index (χ4n) is 1.69. The molecule has 0 saturated heterocycles. The Morgan fingerprint density at radius 1 is 1.44 bits per heavy atom. The molecule has 0 unspecified atom stereocenters. The monoisotopic (exact) mass is 239 g/mol. The molecule has 3 heteroatoms. The number of benzene rings is 1. The largest absolute Gasteiger partial charge is 0.492 e. The van der Waals surface area contributed by atoms with Crippen LogP contribution in [0.15, 0.2) is 12.1 Å². The normalized spacial score (nSPS) is 15.2. The third kappa shape index (κ3) is 2.89. The van der Waals surface area contributed by atoms with E-state index in [0.29, 0.717) is 11.6 Å². The Bertz CT molecular complexity index is 374. The van der Waals surface area contributed by atoms with E-state index in [1.165, 1.54) is 24.0 Å². The van der Waals surface area contributed by atoms with Crippen molar-refractivity contribution in [1.29, 1.82) is 0 Å². The molecule has 0 spiro atoms. The maximum Gasteiger partial charge on any atom is 0.138 e. The van der Waals surface area contributed by atoms with Gasteiger partial charge in [-0.3, -0.25) is 0 Å². The number of hydrogen-bond acceptors (Lipinski definition) is 2. The van der Waals surface area contributed by atoms with Crippen LogP contribution in [0.1, 0.15) is 30.9 Å². The molecule has 88 valence electrons. The lowest BCUT2D eigenvalue weighted by Gasteiger charge is -2.11. The van der Waals surface area contributed by atoms with Gasteiger partial charge in [-0.25, -0.2) is 0 Å². The molecule has 1 aliphatic rings. The lowest BCUT2D eigenvalue weighted by molar-refractivity contribution is 0.340. The zero-order chi connectivity index (χ0) is 11.5. The van der Waals surface area contributed by atoms with Crippen LogP contribution in [0.25, 0.3) is 0 Å². The Labute approximate surface area is 102 Å². The number of hydrogen-bond donors (Lipinski definition) is 1. The lowest BCUT2D eigenvalue weighted by atomic mass is 10.1. The van der Waals surface area contributed by atoms with Gasteiger partial charge < -0.3 is 10.1 Å². The molecule has 0 aromatic heterocycles. The van der Waals surface area contributed by atoms with Gasteiger partial charge in [0.2, 0.25) is 0 Å². The van der Waals surface area contributed by atoms with E-state index in [0.717, 1.165) is 18.3 Å². The van der Waals surface area contributed by atoms with Crippen LogP contribution < -0.4 is 10.1 Å². The second kappa shape index (κ2) is 5.07. The SMILES string of the molecule is CCOc1cc(C)c(CNC2CC2)cc1Cl. The highest BCUT2D eigenvalue weighted by Crippen LogP contribution is 2.28. The highest BCUT2D eigenvalue weighted by Gasteiger charge is 2.20. The molecule has 1 saturated carbocycles. The first-order valence-corrected chi connectivity index (χ1v) is 6.23. The van der Waals surface area contributed by atoms with Crippen molar-refractivity contribution < 1.29 is 4.74 Å². The van der Waals surface area contributed by atoms with Gasteiger partial charge in [0.15, 0.2) is 0 Å². The smallest absolute Gasteiger partial charge is 0.138 e. The second-order valence-corrected chi connectivity index (χ2v) is 4.70. The number of nitrogens with one attached hydrogen (secondary N) is 1. The minimum atomic E-state index is 0.652. The third-order valence-corrected chi connectivity index (χ3v) is 3.14. The zero-order valence-electron chi connectivity index (χ0n) is 9.85. The number of aryl methyl sites for hydroxylation is 1. The van der Waals surface area contributed by atoms with E-state index >= 15 is 0 Å². The fraction of sp³-hybridized carbons (Fsp3) is 0.538. The minimum absolute atomic E-state index is 0.652. The van der Waals surface area contributed by atoms with Crippen molar-refractivity contribution in [3.63, 3.8) is 0 Å². The van der Waals surface area contributed by atoms with Gasteiger partial charge in [0.05, 0.1) is 11.6 Å². The van der Waals surface area contributed by atoms with Gasteiger partial charge in [0.25, 0.3) is 0 Å². The van der Waals surface area contributed by atoms with Crippen LogP contribution in [0.3, 0.4) is 0 Å². The highest BCUT2D eigenvalue weighted by atomic mass is 35.5. The van der Waals surface area contributed by atoms with Crippen LogP contribution >= 0.6 is 11.6 Å². The Kier molecular flexibility index (Phi) is 3.72. The number of ether oxygens (including phenoxy) is 1. The van der Waals surface area contributed by atoms with Crippen molar-refractivity contribution in [2.75, 3.05) is 6.61 Å². The first kappa shape index (κ1) is 11.7. The Balaban J connectivity index is 2.08. The molecule has 1 aromatic rings. The first-order valence-electron chi connectivity index (χ1n) is 5.86. The molecule has 1 N–H and O–H groups in total. The molecule has 2 rings (SSSR count). The molecule has 1 aromatic carbocycles. The Morgan fingerprint density at radius 2 is 2.19 bits per heavy atom. The van der Waals surface area contributed by atoms with Crippen LogP contribution in [0.4, 0.5) is 0 Å². The lowest BCUT2D eigenvalue weighted by Crippen LogP contribution is -2.16. The molecule has 16 heavy (non-hydrogen) atoms. The fourth-order valence-corrected chi connectivity index (χ4v) is 1.94. The summed E-state index contributed by atoms with van der Waals surface area (Å²) in [6, 6.07) is 4.76. The van der Waals surface area contributed by atoms with E-state index in [1.54, 1.807) is 0 Å². The van der Waals surface area contributed by atoms with Crippen LogP contribution in [-0.4, -0.2) is 12.6 Å². The molecule has 2 nitrogen and oxygen atoms in total. The predicted molar refractivity (Wildman–Crippen MR) is 67.2 cm³/mol. The van der Waals surface area contributed by atoms with Crippen molar-refractivity contribution in [2.45, 2.75) is 39.3 Å². The van der Waals surface area contributed by atoms with E-state index in [2.05, 4.69) is 12.2 Å². The highest BCUT2D eigenvalue weighted by molar-refractivity contribution is 6.32. The topological polar surface area (TPSA) is 21.3 Å². The Morgan fingerprint density at radius 3 is 2.81 bits per heavy atom. The van der Waals surface area contributed by atoms with E-state index in [9.17, 15) is 0 Å². The standard InChI is InChI=1S/C13H18ClNO/c1-3-16-13-6-9(2)10(7-12(13)14)8-15-11-4-5-11/h6-7,11,15H,3-5,8H2,1-2H3. The molecule has 0 bridgehead atoms. The predicted octanol–water partition coefficient (Wildman–Crippen LogP) is 3.30. The first-order chi connectivity index (χ1) is 7.70. The number of halogens is 1. The van der Waals surface area contributed by atoms with Gasteiger partial charge in [-0.1, -0.05) is 11.6 Å². The summed E-state index contributed by atoms with van der Waals surface area (Å²) in [6.45, 7) is 5.62. The van der Waals surface area contributed by atoms with Gasteiger partial charge in [-0.2, -0.15) is 0 Å². The van der Waals surface area contributed by atoms with Crippen LogP contribution in [-0.2, 0) is 6.54 Å². The summed E-state index contributed by atoms with van der Waals surface area (Å²) in [4.78, 5) is 0. The van der Waals surface area contributed by atoms with Gasteiger partial charge in [-0.15, -0.1) is 0 Å². The number of rotatable bonds is 5. The van der Waals surface area contributed by atoms with Gasteiger partial charge in [0, 0.05) is 12.6 Å². The molecule has 0 heterocycles. The average Bonchev–Trinajstić information content (AvgIpc) is 3.05. The summed E-state index contributed by atoms with van der Waals surface area (Å²) >= 11 is 6.16. The summed E-state index contributed by atoms with van der Waals surface area (Å²) in [5, 5.41) is 4.20. The molecule has 1 aliphatic carbocycles. The maximum absolute atomic E-state index is 6.16. The van der Waals surface area contributed by atoms with E-state index in [1.807, 2.05) is 19.1 Å². The van der Waals surface area contributed by atoms with E-state index in [-0.39, 0.29) is 0 Å². The molecular weight excluding hydrogens is 222 g/mol. The average molecular weight is 240 g/mol. The van der Waals surface area contributed by atoms with Gasteiger partial charge in [0.1, 0.15) is 5.75 Å². The van der Waals surface area contributed by atoms with Crippen molar-refractivity contribution in [1.82, 2.24) is 5.32 Å². The van der Waals surface area contributed by atoms with Crippen LogP contribution in [0.5, 0.6) is 5.75 Å². The third-order valence-electron chi connectivity index (χ3n) is 2.85. The minimum Gasteiger partial charge on any atom is -0.492 e. The molecular formula is C13H18ClNO. The van der Waals surface area contributed by atoms with Crippen molar-refractivity contribution in [3.05, 3.63) is 28.3 Å².